The number of hydrogen-bond acceptors (Lipinski definition) is 4. The summed E-state index contributed by atoms with van der Waals surface area (Å²) in [5.41, 5.74) is -1.25. The lowest BCUT2D eigenvalue weighted by Crippen LogP contribution is -2.38. The zero-order chi connectivity index (χ0) is 17.8. The summed E-state index contributed by atoms with van der Waals surface area (Å²) >= 11 is 0. The van der Waals surface area contributed by atoms with E-state index in [1.807, 2.05) is 5.32 Å². The minimum absolute atomic E-state index is 0.358. The van der Waals surface area contributed by atoms with E-state index in [0.29, 0.717) is 0 Å². The van der Waals surface area contributed by atoms with Crippen molar-refractivity contribution in [1.29, 1.82) is 0 Å². The maximum Gasteiger partial charge on any atom is 0.573 e. The minimum Gasteiger partial charge on any atom is -0.479 e. The number of ether oxygens (including phenoxy) is 2. The van der Waals surface area contributed by atoms with Gasteiger partial charge >= 0.3 is 18.4 Å². The molecule has 0 bridgehead atoms. The maximum atomic E-state index is 12.4. The van der Waals surface area contributed by atoms with E-state index < -0.39 is 35.8 Å². The standard InChI is InChI=1S/C14H16F3NO5/c1-13(2,3)23-12(21)18-10(11(19)20)8-6-4-5-7-9(8)22-14(15,16)17/h4-7,10H,1-3H3,(H,18,21)(H,19,20)/t10-/m1/s1. The van der Waals surface area contributed by atoms with E-state index in [0.717, 1.165) is 12.1 Å². The van der Waals surface area contributed by atoms with Gasteiger partial charge in [-0.05, 0) is 26.8 Å². The van der Waals surface area contributed by atoms with Crippen molar-refractivity contribution in [2.75, 3.05) is 0 Å². The largest absolute Gasteiger partial charge is 0.573 e. The molecular formula is C14H16F3NO5. The van der Waals surface area contributed by atoms with Crippen LogP contribution in [0.3, 0.4) is 0 Å². The van der Waals surface area contributed by atoms with Crippen molar-refractivity contribution < 1.29 is 37.3 Å². The van der Waals surface area contributed by atoms with Crippen LogP contribution in [0.5, 0.6) is 5.75 Å². The number of carbonyl (C=O) groups excluding carboxylic acids is 1. The minimum atomic E-state index is -4.99. The molecule has 0 saturated carbocycles. The highest BCUT2D eigenvalue weighted by atomic mass is 19.4. The normalized spacial score (nSPS) is 13.1. The number of carbonyl (C=O) groups is 2. The van der Waals surface area contributed by atoms with Gasteiger partial charge in [0.15, 0.2) is 6.04 Å². The van der Waals surface area contributed by atoms with Gasteiger partial charge in [0.2, 0.25) is 0 Å². The number of aliphatic carboxylic acids is 1. The van der Waals surface area contributed by atoms with E-state index in [-0.39, 0.29) is 5.56 Å². The summed E-state index contributed by atoms with van der Waals surface area (Å²) in [5.74, 6) is -2.28. The molecule has 0 aliphatic heterocycles. The number of carboxylic acid groups (broad SMARTS) is 1. The van der Waals surface area contributed by atoms with Crippen molar-refractivity contribution in [3.8, 4) is 5.75 Å². The van der Waals surface area contributed by atoms with Crippen molar-refractivity contribution in [2.45, 2.75) is 38.8 Å². The van der Waals surface area contributed by atoms with Crippen LogP contribution in [-0.2, 0) is 9.53 Å². The highest BCUT2D eigenvalue weighted by Crippen LogP contribution is 2.30. The van der Waals surface area contributed by atoms with E-state index in [4.69, 9.17) is 4.74 Å². The average Bonchev–Trinajstić information content (AvgIpc) is 2.32. The van der Waals surface area contributed by atoms with Gasteiger partial charge < -0.3 is 19.9 Å². The zero-order valence-electron chi connectivity index (χ0n) is 12.6. The maximum absolute atomic E-state index is 12.4. The van der Waals surface area contributed by atoms with Crippen LogP contribution < -0.4 is 10.1 Å². The highest BCUT2D eigenvalue weighted by molar-refractivity contribution is 5.82. The Balaban J connectivity index is 3.07. The molecule has 0 aliphatic rings. The number of rotatable bonds is 4. The summed E-state index contributed by atoms with van der Waals surface area (Å²) in [6.07, 6.45) is -6.07. The fourth-order valence-electron chi connectivity index (χ4n) is 1.63. The number of para-hydroxylation sites is 1. The van der Waals surface area contributed by atoms with E-state index in [2.05, 4.69) is 4.74 Å². The van der Waals surface area contributed by atoms with Gasteiger partial charge in [0.1, 0.15) is 11.4 Å². The zero-order valence-corrected chi connectivity index (χ0v) is 12.6. The first-order chi connectivity index (χ1) is 10.4. The van der Waals surface area contributed by atoms with Gasteiger partial charge in [-0.2, -0.15) is 0 Å². The predicted molar refractivity (Wildman–Crippen MR) is 72.9 cm³/mol. The molecule has 1 atom stereocenters. The Hall–Kier alpha value is -2.45. The van der Waals surface area contributed by atoms with Gasteiger partial charge in [0.05, 0.1) is 0 Å². The molecule has 1 rings (SSSR count). The summed E-state index contributed by atoms with van der Waals surface area (Å²) in [4.78, 5) is 23.0. The second-order valence-electron chi connectivity index (χ2n) is 5.50. The number of alkyl carbamates (subject to hydrolysis) is 1. The molecule has 0 saturated heterocycles. The Labute approximate surface area is 130 Å². The molecule has 0 heterocycles. The molecule has 23 heavy (non-hydrogen) atoms. The Bertz CT molecular complexity index is 581. The summed E-state index contributed by atoms with van der Waals surface area (Å²) < 4.78 is 45.9. The second kappa shape index (κ2) is 6.76. The molecular weight excluding hydrogens is 319 g/mol. The molecule has 0 spiro atoms. The molecule has 128 valence electrons. The lowest BCUT2D eigenvalue weighted by Gasteiger charge is -2.23. The molecule has 0 unspecified atom stereocenters. The summed E-state index contributed by atoms with van der Waals surface area (Å²) in [6, 6.07) is 2.87. The molecule has 1 amide bonds. The van der Waals surface area contributed by atoms with Crippen LogP contribution in [-0.4, -0.2) is 29.1 Å². The summed E-state index contributed by atoms with van der Waals surface area (Å²) in [6.45, 7) is 4.68. The van der Waals surface area contributed by atoms with Crippen molar-refractivity contribution in [3.63, 3.8) is 0 Å². The van der Waals surface area contributed by atoms with Gasteiger partial charge in [-0.25, -0.2) is 9.59 Å². The highest BCUT2D eigenvalue weighted by Gasteiger charge is 2.35. The van der Waals surface area contributed by atoms with Crippen LogP contribution >= 0.6 is 0 Å². The van der Waals surface area contributed by atoms with Crippen molar-refractivity contribution in [1.82, 2.24) is 5.32 Å². The number of benzene rings is 1. The molecule has 6 nitrogen and oxygen atoms in total. The third kappa shape index (κ3) is 6.45. The van der Waals surface area contributed by atoms with Crippen molar-refractivity contribution in [2.24, 2.45) is 0 Å². The molecule has 0 radical (unpaired) electrons. The topological polar surface area (TPSA) is 84.9 Å². The number of carboxylic acids is 1. The molecule has 0 aliphatic carbocycles. The van der Waals surface area contributed by atoms with E-state index in [1.54, 1.807) is 20.8 Å². The number of alkyl halides is 3. The van der Waals surface area contributed by atoms with E-state index >= 15 is 0 Å². The van der Waals surface area contributed by atoms with Crippen LogP contribution in [0.4, 0.5) is 18.0 Å². The number of amides is 1. The Kier molecular flexibility index (Phi) is 5.46. The quantitative estimate of drug-likeness (QED) is 0.882. The van der Waals surface area contributed by atoms with E-state index in [9.17, 15) is 27.9 Å². The molecule has 1 aromatic rings. The third-order valence-electron chi connectivity index (χ3n) is 2.36. The monoisotopic (exact) mass is 335 g/mol. The first-order valence-electron chi connectivity index (χ1n) is 6.46. The SMILES string of the molecule is CC(C)(C)OC(=O)N[C@@H](C(=O)O)c1ccccc1OC(F)(F)F. The molecule has 0 aromatic heterocycles. The van der Waals surface area contributed by atoms with Crippen LogP contribution in [0.15, 0.2) is 24.3 Å². The number of hydrogen-bond donors (Lipinski definition) is 2. The number of halogens is 3. The molecule has 2 N–H and O–H groups in total. The summed E-state index contributed by atoms with van der Waals surface area (Å²) in [7, 11) is 0. The van der Waals surface area contributed by atoms with Gasteiger partial charge in [-0.3, -0.25) is 0 Å². The third-order valence-corrected chi connectivity index (χ3v) is 2.36. The van der Waals surface area contributed by atoms with Gasteiger partial charge in [-0.1, -0.05) is 18.2 Å². The smallest absolute Gasteiger partial charge is 0.479 e. The van der Waals surface area contributed by atoms with Crippen LogP contribution in [0.25, 0.3) is 0 Å². The summed E-state index contributed by atoms with van der Waals surface area (Å²) in [5, 5.41) is 11.2. The van der Waals surface area contributed by atoms with Gasteiger partial charge in [0.25, 0.3) is 0 Å². The van der Waals surface area contributed by atoms with Crippen molar-refractivity contribution in [3.05, 3.63) is 29.8 Å². The fraction of sp³-hybridized carbons (Fsp3) is 0.429. The van der Waals surface area contributed by atoms with Crippen LogP contribution in [0.1, 0.15) is 32.4 Å². The molecule has 0 fully saturated rings. The first-order valence-corrected chi connectivity index (χ1v) is 6.46. The molecule has 1 aromatic carbocycles. The van der Waals surface area contributed by atoms with Crippen LogP contribution in [0.2, 0.25) is 0 Å². The fourth-order valence-corrected chi connectivity index (χ4v) is 1.63. The second-order valence-corrected chi connectivity index (χ2v) is 5.50. The average molecular weight is 335 g/mol. The predicted octanol–water partition coefficient (Wildman–Crippen LogP) is 3.24. The molecule has 9 heteroatoms. The van der Waals surface area contributed by atoms with Crippen LogP contribution in [0, 0.1) is 0 Å². The lowest BCUT2D eigenvalue weighted by molar-refractivity contribution is -0.275. The van der Waals surface area contributed by atoms with E-state index in [1.165, 1.54) is 12.1 Å². The Morgan fingerprint density at radius 1 is 1.17 bits per heavy atom. The van der Waals surface area contributed by atoms with Gasteiger partial charge in [-0.15, -0.1) is 13.2 Å². The van der Waals surface area contributed by atoms with Crippen molar-refractivity contribution >= 4 is 12.1 Å². The Morgan fingerprint density at radius 3 is 2.22 bits per heavy atom. The lowest BCUT2D eigenvalue weighted by atomic mass is 10.1. The number of nitrogens with one attached hydrogen (secondary N) is 1. The first kappa shape index (κ1) is 18.6. The van der Waals surface area contributed by atoms with Gasteiger partial charge in [0, 0.05) is 5.56 Å². The Morgan fingerprint density at radius 2 is 1.74 bits per heavy atom.